The number of piperazine rings is 1. The highest BCUT2D eigenvalue weighted by molar-refractivity contribution is 7.90. The molecule has 0 bridgehead atoms. The van der Waals surface area contributed by atoms with Crippen LogP contribution in [0.1, 0.15) is 135 Å². The molecule has 3 aliphatic heterocycles. The molecular weight excluding hydrogens is 1010 g/mol. The first-order chi connectivity index (χ1) is 37.6. The van der Waals surface area contributed by atoms with E-state index in [4.69, 9.17) is 14.2 Å². The van der Waals surface area contributed by atoms with E-state index < -0.39 is 37.0 Å². The van der Waals surface area contributed by atoms with Crippen LogP contribution in [0, 0.1) is 21.4 Å². The van der Waals surface area contributed by atoms with E-state index in [-0.39, 0.29) is 46.6 Å². The molecule has 410 valence electrons. The summed E-state index contributed by atoms with van der Waals surface area (Å²) in [5.41, 5.74) is 6.07. The Balaban J connectivity index is 0.751. The van der Waals surface area contributed by atoms with Crippen molar-refractivity contribution in [2.24, 2.45) is 11.3 Å². The molecule has 1 spiro atoms. The van der Waals surface area contributed by atoms with E-state index in [9.17, 15) is 28.4 Å². The van der Waals surface area contributed by atoms with Crippen molar-refractivity contribution in [1.29, 1.82) is 0 Å². The molecule has 6 aromatic rings. The topological polar surface area (TPSA) is 205 Å². The number of nitrogens with zero attached hydrogens (tertiary/aromatic N) is 5. The molecule has 1 atom stereocenters. The van der Waals surface area contributed by atoms with E-state index >= 15 is 0 Å². The number of fused-ring (bicyclic) bond motifs is 2. The highest BCUT2D eigenvalue weighted by atomic mass is 32.2. The lowest BCUT2D eigenvalue weighted by Gasteiger charge is -2.58. The Morgan fingerprint density at radius 2 is 1.69 bits per heavy atom. The summed E-state index contributed by atoms with van der Waals surface area (Å²) in [6.45, 7) is 12.0. The quantitative estimate of drug-likeness (QED) is 0.0526. The number of pyridine rings is 1. The van der Waals surface area contributed by atoms with Gasteiger partial charge in [0, 0.05) is 87.3 Å². The number of nitro benzene ring substituents is 1. The molecule has 78 heavy (non-hydrogen) atoms. The number of ether oxygens (including phenoxy) is 3. The number of amides is 1. The van der Waals surface area contributed by atoms with Gasteiger partial charge in [0.2, 0.25) is 6.79 Å². The Bertz CT molecular complexity index is 3330. The molecule has 18 heteroatoms. The maximum atomic E-state index is 14.4. The molecule has 17 nitrogen and oxygen atoms in total. The van der Waals surface area contributed by atoms with E-state index in [0.717, 1.165) is 88.0 Å². The number of sulfonamides is 1. The number of hydrogen-bond donors (Lipinski definition) is 4. The van der Waals surface area contributed by atoms with Gasteiger partial charge >= 0.3 is 0 Å². The van der Waals surface area contributed by atoms with Crippen molar-refractivity contribution in [2.75, 3.05) is 56.3 Å². The molecule has 2 saturated heterocycles. The summed E-state index contributed by atoms with van der Waals surface area (Å²) < 4.78 is 48.5. The van der Waals surface area contributed by atoms with E-state index in [1.165, 1.54) is 41.3 Å². The number of carbonyl (C=O) groups excluding carboxylic acids is 1. The van der Waals surface area contributed by atoms with Gasteiger partial charge in [-0.2, -0.15) is 0 Å². The van der Waals surface area contributed by atoms with Crippen LogP contribution in [-0.4, -0.2) is 102 Å². The summed E-state index contributed by atoms with van der Waals surface area (Å²) in [5, 5.41) is 26.9. The zero-order valence-corrected chi connectivity index (χ0v) is 45.5. The predicted octanol–water partition coefficient (Wildman–Crippen LogP) is 10.8. The first-order valence-electron chi connectivity index (χ1n) is 27.9. The summed E-state index contributed by atoms with van der Waals surface area (Å²) in [6, 6.07) is 28.9. The number of aromatic amines is 1. The Labute approximate surface area is 455 Å². The molecule has 0 radical (unpaired) electrons. The van der Waals surface area contributed by atoms with Crippen molar-refractivity contribution < 1.29 is 37.5 Å². The lowest BCUT2D eigenvalue weighted by Crippen LogP contribution is -2.60. The fourth-order valence-electron chi connectivity index (χ4n) is 13.0. The normalized spacial score (nSPS) is 22.7. The van der Waals surface area contributed by atoms with Gasteiger partial charge in [-0.25, -0.2) is 18.1 Å². The second kappa shape index (κ2) is 20.8. The van der Waals surface area contributed by atoms with E-state index in [1.807, 2.05) is 12.1 Å². The van der Waals surface area contributed by atoms with Crippen LogP contribution in [0.5, 0.6) is 23.0 Å². The second-order valence-electron chi connectivity index (χ2n) is 23.6. The number of hydrogen-bond acceptors (Lipinski definition) is 14. The number of anilines is 2. The number of benzene rings is 4. The predicted molar refractivity (Wildman–Crippen MR) is 298 cm³/mol. The van der Waals surface area contributed by atoms with Crippen molar-refractivity contribution in [2.45, 2.75) is 126 Å². The van der Waals surface area contributed by atoms with Crippen molar-refractivity contribution in [3.63, 3.8) is 0 Å². The molecule has 1 unspecified atom stereocenters. The van der Waals surface area contributed by atoms with Gasteiger partial charge in [0.05, 0.1) is 22.3 Å². The average Bonchev–Trinajstić information content (AvgIpc) is 4.12. The minimum absolute atomic E-state index is 0.0123. The largest absolute Gasteiger partial charge is 0.455 e. The van der Waals surface area contributed by atoms with Gasteiger partial charge in [-0.3, -0.25) is 24.7 Å². The van der Waals surface area contributed by atoms with Crippen molar-refractivity contribution >= 4 is 44.0 Å². The first kappa shape index (κ1) is 52.0. The molecule has 1 amide bonds. The van der Waals surface area contributed by atoms with Crippen molar-refractivity contribution in [1.82, 2.24) is 24.5 Å². The zero-order chi connectivity index (χ0) is 53.9. The number of rotatable bonds is 16. The Hall–Kier alpha value is -6.73. The molecular formula is C60H70N8O9S. The van der Waals surface area contributed by atoms with Crippen LogP contribution in [0.2, 0.25) is 0 Å². The number of aromatic nitrogens is 2. The van der Waals surface area contributed by atoms with Gasteiger partial charge < -0.3 is 34.5 Å². The van der Waals surface area contributed by atoms with Crippen LogP contribution in [0.4, 0.5) is 17.1 Å². The maximum Gasteiger partial charge on any atom is 0.297 e. The molecule has 5 fully saturated rings. The minimum atomic E-state index is -4.81. The molecule has 4 N–H and O–H groups in total. The van der Waals surface area contributed by atoms with Gasteiger partial charge in [-0.15, -0.1) is 0 Å². The molecule has 2 aromatic heterocycles. The highest BCUT2D eigenvalue weighted by Gasteiger charge is 2.50. The molecule has 4 aromatic carbocycles. The van der Waals surface area contributed by atoms with Crippen LogP contribution < -0.4 is 29.1 Å². The number of nitro groups is 1. The highest BCUT2D eigenvalue weighted by Crippen LogP contribution is 2.54. The molecule has 12 rings (SSSR count). The summed E-state index contributed by atoms with van der Waals surface area (Å²) in [4.78, 5) is 41.0. The van der Waals surface area contributed by atoms with Crippen LogP contribution in [0.25, 0.3) is 11.0 Å². The number of aliphatic hydroxyl groups is 1. The van der Waals surface area contributed by atoms with E-state index in [0.29, 0.717) is 61.6 Å². The first-order valence-corrected chi connectivity index (χ1v) is 29.4. The Morgan fingerprint density at radius 3 is 2.44 bits per heavy atom. The molecule has 6 aliphatic rings. The number of carbonyl (C=O) groups is 1. The summed E-state index contributed by atoms with van der Waals surface area (Å²) in [7, 11) is -4.81. The second-order valence-corrected chi connectivity index (χ2v) is 25.2. The monoisotopic (exact) mass is 1080 g/mol. The SMILES string of the molecule is CC(C)c1ccccc1C1CN(Cc2ccc(C3CC3)cc2)CCN1C1CC2(CCN(c3ccc(C(=O)NS(=O)(=O)c4cc([N+](=O)[O-])c(NCC5CCC(C)(O)CC5)c5c4OCO5)c(Oc4cnc5[nH]ccc5c4)c3)CC2)C1. The lowest BCUT2D eigenvalue weighted by molar-refractivity contribution is -0.384. The molecule has 3 saturated carbocycles. The van der Waals surface area contributed by atoms with Gasteiger partial charge in [0.15, 0.2) is 17.2 Å². The van der Waals surface area contributed by atoms with E-state index in [2.05, 4.69) is 97.1 Å². The standard InChI is InChI=1S/C60H70N8O9S/c1-38(2)47-6-4-5-7-48(47)51-36-65(35-40-8-10-41(11-9-40)42-12-13-42)26-27-67(51)45-31-60(32-45)21-24-66(25-22-60)44-14-15-49(52(29-44)77-46-28-43-18-23-61-57(43)63-34-46)58(69)64-78(73,74)53-30-50(68(71)72)54(56-55(53)75-37-76-56)62-33-39-16-19-59(3,70)20-17-39/h4-11,14-15,18,23,28-30,34,38-39,42,45,51,62,70H,12-13,16-17,19-22,24-27,31-33,35-37H2,1-3H3,(H,61,63)(H,64,69). The fraction of sp³-hybridized carbons (Fsp3) is 0.467. The fourth-order valence-corrected chi connectivity index (χ4v) is 14.2. The minimum Gasteiger partial charge on any atom is -0.455 e. The van der Waals surface area contributed by atoms with Crippen LogP contribution in [0.15, 0.2) is 102 Å². The number of nitrogens with one attached hydrogen (secondary N) is 3. The Kier molecular flexibility index (Phi) is 13.9. The third kappa shape index (κ3) is 10.6. The average molecular weight is 1080 g/mol. The molecule has 3 aliphatic carbocycles. The smallest absolute Gasteiger partial charge is 0.297 e. The van der Waals surface area contributed by atoms with Crippen LogP contribution in [0.3, 0.4) is 0 Å². The maximum absolute atomic E-state index is 14.4. The summed E-state index contributed by atoms with van der Waals surface area (Å²) in [5.74, 6) is 0.377. The van der Waals surface area contributed by atoms with Gasteiger partial charge in [0.1, 0.15) is 22.0 Å². The summed E-state index contributed by atoms with van der Waals surface area (Å²) in [6.07, 6.45) is 12.9. The summed E-state index contributed by atoms with van der Waals surface area (Å²) >= 11 is 0. The van der Waals surface area contributed by atoms with Gasteiger partial charge in [-0.05, 0) is 141 Å². The van der Waals surface area contributed by atoms with Crippen molar-refractivity contribution in [3.05, 3.63) is 135 Å². The Morgan fingerprint density at radius 1 is 0.936 bits per heavy atom. The third-order valence-corrected chi connectivity index (χ3v) is 19.1. The van der Waals surface area contributed by atoms with Gasteiger partial charge in [-0.1, -0.05) is 62.4 Å². The lowest BCUT2D eigenvalue weighted by atomic mass is 9.59. The van der Waals surface area contributed by atoms with Crippen molar-refractivity contribution in [3.8, 4) is 23.0 Å². The molecule has 5 heterocycles. The van der Waals surface area contributed by atoms with E-state index in [1.54, 1.807) is 31.3 Å². The number of piperidine rings is 1. The zero-order valence-electron chi connectivity index (χ0n) is 44.7. The third-order valence-electron chi connectivity index (χ3n) is 17.8. The van der Waals surface area contributed by atoms with Gasteiger partial charge in [0.25, 0.3) is 21.6 Å². The van der Waals surface area contributed by atoms with Crippen LogP contribution in [-0.2, 0) is 16.6 Å². The van der Waals surface area contributed by atoms with Crippen LogP contribution >= 0.6 is 0 Å². The number of H-pyrrole nitrogens is 1.